The summed E-state index contributed by atoms with van der Waals surface area (Å²) in [6.07, 6.45) is -0.303. The van der Waals surface area contributed by atoms with Crippen LogP contribution in [0.3, 0.4) is 0 Å². The quantitative estimate of drug-likeness (QED) is 0.795. The topological polar surface area (TPSA) is 29.5 Å². The van der Waals surface area contributed by atoms with E-state index in [4.69, 9.17) is 4.74 Å². The summed E-state index contributed by atoms with van der Waals surface area (Å²) < 4.78 is 5.44. The van der Waals surface area contributed by atoms with Crippen molar-refractivity contribution in [1.82, 2.24) is 4.90 Å². The predicted molar refractivity (Wildman–Crippen MR) is 86.4 cm³/mol. The molecular weight excluding hydrogens is 262 g/mol. The van der Waals surface area contributed by atoms with Gasteiger partial charge in [-0.2, -0.15) is 0 Å². The Balaban J connectivity index is 2.30. The molecule has 0 saturated heterocycles. The van der Waals surface area contributed by atoms with Crippen LogP contribution in [-0.4, -0.2) is 23.6 Å². The lowest BCUT2D eigenvalue weighted by molar-refractivity contribution is 0.0235. The first-order valence-electron chi connectivity index (χ1n) is 7.23. The Morgan fingerprint density at radius 1 is 1.10 bits per heavy atom. The highest BCUT2D eigenvalue weighted by Crippen LogP contribution is 2.28. The van der Waals surface area contributed by atoms with Crippen molar-refractivity contribution >= 4 is 16.9 Å². The van der Waals surface area contributed by atoms with Gasteiger partial charge < -0.3 is 9.64 Å². The minimum atomic E-state index is -0.482. The van der Waals surface area contributed by atoms with Gasteiger partial charge in [0.1, 0.15) is 5.60 Å². The zero-order valence-corrected chi connectivity index (χ0v) is 13.4. The van der Waals surface area contributed by atoms with E-state index in [-0.39, 0.29) is 12.1 Å². The monoisotopic (exact) mass is 285 g/mol. The van der Waals surface area contributed by atoms with E-state index in [0.717, 1.165) is 5.56 Å². The molecule has 0 saturated carbocycles. The molecule has 112 valence electrons. The molecule has 0 N–H and O–H groups in total. The van der Waals surface area contributed by atoms with Crippen LogP contribution in [0.1, 0.15) is 39.3 Å². The second kappa shape index (κ2) is 5.76. The first-order chi connectivity index (χ1) is 9.79. The van der Waals surface area contributed by atoms with Crippen LogP contribution in [-0.2, 0) is 4.74 Å². The minimum Gasteiger partial charge on any atom is -0.444 e. The smallest absolute Gasteiger partial charge is 0.410 e. The molecule has 1 atom stereocenters. The van der Waals surface area contributed by atoms with Crippen LogP contribution in [0.25, 0.3) is 10.8 Å². The Kier molecular flexibility index (Phi) is 4.21. The summed E-state index contributed by atoms with van der Waals surface area (Å²) >= 11 is 0. The zero-order valence-electron chi connectivity index (χ0n) is 13.4. The highest BCUT2D eigenvalue weighted by molar-refractivity contribution is 5.86. The van der Waals surface area contributed by atoms with Gasteiger partial charge in [0.15, 0.2) is 0 Å². The van der Waals surface area contributed by atoms with Crippen molar-refractivity contribution in [1.29, 1.82) is 0 Å². The molecule has 0 heterocycles. The first kappa shape index (κ1) is 15.4. The molecule has 0 aliphatic heterocycles. The molecule has 1 amide bonds. The van der Waals surface area contributed by atoms with Crippen molar-refractivity contribution in [2.24, 2.45) is 0 Å². The molecule has 0 spiro atoms. The van der Waals surface area contributed by atoms with Crippen LogP contribution < -0.4 is 0 Å². The van der Waals surface area contributed by atoms with E-state index in [1.54, 1.807) is 11.9 Å². The molecule has 3 heteroatoms. The molecule has 2 aromatic carbocycles. The molecule has 0 bridgehead atoms. The average molecular weight is 285 g/mol. The molecule has 0 fully saturated rings. The van der Waals surface area contributed by atoms with Gasteiger partial charge in [0.25, 0.3) is 0 Å². The van der Waals surface area contributed by atoms with Gasteiger partial charge in [-0.15, -0.1) is 0 Å². The molecule has 2 rings (SSSR count). The van der Waals surface area contributed by atoms with Gasteiger partial charge in [-0.1, -0.05) is 42.5 Å². The molecule has 0 aliphatic rings. The summed E-state index contributed by atoms with van der Waals surface area (Å²) in [7, 11) is 1.78. The van der Waals surface area contributed by atoms with Crippen LogP contribution in [0.2, 0.25) is 0 Å². The number of benzene rings is 2. The number of carbonyl (C=O) groups is 1. The number of rotatable bonds is 2. The number of fused-ring (bicyclic) bond motifs is 1. The summed E-state index contributed by atoms with van der Waals surface area (Å²) in [6, 6.07) is 14.3. The summed E-state index contributed by atoms with van der Waals surface area (Å²) in [5, 5.41) is 2.35. The normalized spacial score (nSPS) is 13.0. The van der Waals surface area contributed by atoms with Gasteiger partial charge in [0, 0.05) is 7.05 Å². The highest BCUT2D eigenvalue weighted by atomic mass is 16.6. The van der Waals surface area contributed by atoms with E-state index in [1.807, 2.05) is 45.9 Å². The second-order valence-electron chi connectivity index (χ2n) is 6.34. The molecule has 0 radical (unpaired) electrons. The largest absolute Gasteiger partial charge is 0.444 e. The minimum absolute atomic E-state index is 0.0500. The number of ether oxygens (including phenoxy) is 1. The average Bonchev–Trinajstić information content (AvgIpc) is 2.43. The van der Waals surface area contributed by atoms with Gasteiger partial charge >= 0.3 is 6.09 Å². The summed E-state index contributed by atoms with van der Waals surface area (Å²) in [4.78, 5) is 13.9. The fourth-order valence-electron chi connectivity index (χ4n) is 2.32. The number of amides is 1. The maximum absolute atomic E-state index is 12.2. The van der Waals surface area contributed by atoms with Crippen molar-refractivity contribution in [3.8, 4) is 0 Å². The van der Waals surface area contributed by atoms with Crippen LogP contribution in [0, 0.1) is 0 Å². The molecule has 0 unspecified atom stereocenters. The third kappa shape index (κ3) is 3.54. The van der Waals surface area contributed by atoms with Crippen molar-refractivity contribution in [3.63, 3.8) is 0 Å². The van der Waals surface area contributed by atoms with E-state index >= 15 is 0 Å². The summed E-state index contributed by atoms with van der Waals surface area (Å²) in [5.41, 5.74) is 0.644. The Morgan fingerprint density at radius 3 is 2.38 bits per heavy atom. The Labute approximate surface area is 126 Å². The number of nitrogens with zero attached hydrogens (tertiary/aromatic N) is 1. The van der Waals surface area contributed by atoms with Crippen LogP contribution in [0.15, 0.2) is 42.5 Å². The zero-order chi connectivity index (χ0) is 15.6. The van der Waals surface area contributed by atoms with Gasteiger partial charge in [-0.25, -0.2) is 4.79 Å². The first-order valence-corrected chi connectivity index (χ1v) is 7.23. The lowest BCUT2D eigenvalue weighted by Gasteiger charge is -2.29. The predicted octanol–water partition coefficient (Wildman–Crippen LogP) is 4.77. The maximum Gasteiger partial charge on any atom is 0.410 e. The van der Waals surface area contributed by atoms with Gasteiger partial charge in [-0.05, 0) is 44.0 Å². The lowest BCUT2D eigenvalue weighted by atomic mass is 9.99. The van der Waals surface area contributed by atoms with E-state index in [2.05, 4.69) is 24.3 Å². The second-order valence-corrected chi connectivity index (χ2v) is 6.34. The third-order valence-electron chi connectivity index (χ3n) is 3.54. The highest BCUT2D eigenvalue weighted by Gasteiger charge is 2.24. The van der Waals surface area contributed by atoms with Crippen LogP contribution in [0.5, 0.6) is 0 Å². The standard InChI is InChI=1S/C18H23NO2/c1-13(19(5)17(20)21-18(2,3)4)15-12-8-10-14-9-6-7-11-16(14)15/h6-13H,1-5H3/t13-/m1/s1. The third-order valence-corrected chi connectivity index (χ3v) is 3.54. The fourth-order valence-corrected chi connectivity index (χ4v) is 2.32. The van der Waals surface area contributed by atoms with Crippen LogP contribution >= 0.6 is 0 Å². The van der Waals surface area contributed by atoms with Crippen molar-refractivity contribution in [3.05, 3.63) is 48.0 Å². The molecule has 0 aliphatic carbocycles. The SMILES string of the molecule is C[C@H](c1cccc2ccccc12)N(C)C(=O)OC(C)(C)C. The van der Waals surface area contributed by atoms with Crippen molar-refractivity contribution in [2.45, 2.75) is 39.3 Å². The Morgan fingerprint density at radius 2 is 1.71 bits per heavy atom. The van der Waals surface area contributed by atoms with E-state index in [0.29, 0.717) is 0 Å². The van der Waals surface area contributed by atoms with E-state index in [1.165, 1.54) is 10.8 Å². The summed E-state index contributed by atoms with van der Waals surface area (Å²) in [6.45, 7) is 7.65. The van der Waals surface area contributed by atoms with Gasteiger partial charge in [-0.3, -0.25) is 0 Å². The number of hydrogen-bond donors (Lipinski definition) is 0. The molecule has 0 aromatic heterocycles. The molecule has 21 heavy (non-hydrogen) atoms. The lowest BCUT2D eigenvalue weighted by Crippen LogP contribution is -2.35. The van der Waals surface area contributed by atoms with Gasteiger partial charge in [0.2, 0.25) is 0 Å². The van der Waals surface area contributed by atoms with Crippen molar-refractivity contribution in [2.75, 3.05) is 7.05 Å². The van der Waals surface area contributed by atoms with Crippen LogP contribution in [0.4, 0.5) is 4.79 Å². The molecular formula is C18H23NO2. The Hall–Kier alpha value is -2.03. The molecule has 2 aromatic rings. The van der Waals surface area contributed by atoms with Gasteiger partial charge in [0.05, 0.1) is 6.04 Å². The van der Waals surface area contributed by atoms with E-state index in [9.17, 15) is 4.79 Å². The molecule has 3 nitrogen and oxygen atoms in total. The maximum atomic E-state index is 12.2. The fraction of sp³-hybridized carbons (Fsp3) is 0.389. The Bertz CT molecular complexity index is 638. The van der Waals surface area contributed by atoms with E-state index < -0.39 is 5.60 Å². The number of hydrogen-bond acceptors (Lipinski definition) is 2. The summed E-state index contributed by atoms with van der Waals surface area (Å²) in [5.74, 6) is 0. The number of carbonyl (C=O) groups excluding carboxylic acids is 1. The van der Waals surface area contributed by atoms with Crippen molar-refractivity contribution < 1.29 is 9.53 Å².